The lowest BCUT2D eigenvalue weighted by atomic mass is 10.0. The lowest BCUT2D eigenvalue weighted by Crippen LogP contribution is -2.39. The van der Waals surface area contributed by atoms with Crippen molar-refractivity contribution in [1.82, 2.24) is 0 Å². The van der Waals surface area contributed by atoms with Crippen LogP contribution in [0.2, 0.25) is 0 Å². The predicted octanol–water partition coefficient (Wildman–Crippen LogP) is 3.69. The standard InChI is InChI=1S/C18H17FN4O2/c19-14-1-3-15(4-2-14)21-16-7-9-22(10-8-16)18-6-5-17(23(24)25)11-13(18)12-20/h1-6,11,16,21H,7-10H2. The molecule has 2 aromatic rings. The summed E-state index contributed by atoms with van der Waals surface area (Å²) in [5, 5.41) is 23.5. The number of nitro groups is 1. The third-order valence-corrected chi connectivity index (χ3v) is 4.36. The first-order chi connectivity index (χ1) is 12.1. The van der Waals surface area contributed by atoms with Crippen LogP contribution in [0.5, 0.6) is 0 Å². The van der Waals surface area contributed by atoms with E-state index in [-0.39, 0.29) is 17.5 Å². The number of rotatable bonds is 4. The molecule has 6 nitrogen and oxygen atoms in total. The Morgan fingerprint density at radius 1 is 1.20 bits per heavy atom. The lowest BCUT2D eigenvalue weighted by molar-refractivity contribution is -0.384. The normalized spacial score (nSPS) is 14.8. The van der Waals surface area contributed by atoms with Crippen LogP contribution < -0.4 is 10.2 Å². The van der Waals surface area contributed by atoms with Crippen LogP contribution in [-0.2, 0) is 0 Å². The van der Waals surface area contributed by atoms with E-state index >= 15 is 0 Å². The van der Waals surface area contributed by atoms with E-state index in [1.807, 2.05) is 6.07 Å². The zero-order valence-electron chi connectivity index (χ0n) is 13.5. The smallest absolute Gasteiger partial charge is 0.270 e. The summed E-state index contributed by atoms with van der Waals surface area (Å²) in [6.45, 7) is 1.48. The van der Waals surface area contributed by atoms with Crippen LogP contribution >= 0.6 is 0 Å². The number of non-ortho nitro benzene ring substituents is 1. The highest BCUT2D eigenvalue weighted by molar-refractivity contribution is 5.63. The minimum atomic E-state index is -0.497. The second-order valence-electron chi connectivity index (χ2n) is 5.98. The van der Waals surface area contributed by atoms with Gasteiger partial charge in [-0.3, -0.25) is 10.1 Å². The summed E-state index contributed by atoms with van der Waals surface area (Å²) in [5.74, 6) is -0.262. The van der Waals surface area contributed by atoms with Gasteiger partial charge in [0.15, 0.2) is 0 Å². The van der Waals surface area contributed by atoms with Crippen molar-refractivity contribution in [2.75, 3.05) is 23.3 Å². The van der Waals surface area contributed by atoms with Crippen LogP contribution in [0.4, 0.5) is 21.5 Å². The summed E-state index contributed by atoms with van der Waals surface area (Å²) < 4.78 is 13.0. The largest absolute Gasteiger partial charge is 0.382 e. The van der Waals surface area contributed by atoms with Crippen molar-refractivity contribution in [3.05, 3.63) is 64.0 Å². The molecule has 1 aliphatic rings. The fourth-order valence-corrected chi connectivity index (χ4v) is 3.05. The molecule has 25 heavy (non-hydrogen) atoms. The highest BCUT2D eigenvalue weighted by atomic mass is 19.1. The number of nitro benzene ring substituents is 1. The Kier molecular flexibility index (Phi) is 4.80. The Bertz CT molecular complexity index is 809. The van der Waals surface area contributed by atoms with E-state index in [0.717, 1.165) is 37.3 Å². The Hall–Kier alpha value is -3.14. The second-order valence-corrected chi connectivity index (χ2v) is 5.98. The maximum atomic E-state index is 13.0. The average Bonchev–Trinajstić information content (AvgIpc) is 2.63. The number of benzene rings is 2. The number of halogens is 1. The van der Waals surface area contributed by atoms with E-state index < -0.39 is 4.92 Å². The van der Waals surface area contributed by atoms with Gasteiger partial charge in [0.1, 0.15) is 11.9 Å². The molecule has 0 unspecified atom stereocenters. The van der Waals surface area contributed by atoms with Gasteiger partial charge in [0.25, 0.3) is 5.69 Å². The molecule has 7 heteroatoms. The van der Waals surface area contributed by atoms with Gasteiger partial charge in [0.2, 0.25) is 0 Å². The number of anilines is 2. The van der Waals surface area contributed by atoms with Gasteiger partial charge in [0, 0.05) is 37.0 Å². The van der Waals surface area contributed by atoms with Crippen molar-refractivity contribution >= 4 is 17.1 Å². The van der Waals surface area contributed by atoms with Gasteiger partial charge < -0.3 is 10.2 Å². The maximum absolute atomic E-state index is 13.0. The predicted molar refractivity (Wildman–Crippen MR) is 93.1 cm³/mol. The molecular weight excluding hydrogens is 323 g/mol. The minimum Gasteiger partial charge on any atom is -0.382 e. The van der Waals surface area contributed by atoms with Crippen molar-refractivity contribution in [1.29, 1.82) is 5.26 Å². The van der Waals surface area contributed by atoms with E-state index in [1.165, 1.54) is 24.3 Å². The van der Waals surface area contributed by atoms with Crippen LogP contribution in [0.15, 0.2) is 42.5 Å². The van der Waals surface area contributed by atoms with Crippen LogP contribution in [0.3, 0.4) is 0 Å². The number of nitrogens with one attached hydrogen (secondary N) is 1. The quantitative estimate of drug-likeness (QED) is 0.678. The minimum absolute atomic E-state index is 0.0758. The number of piperidine rings is 1. The molecule has 0 aromatic heterocycles. The fraction of sp³-hybridized carbons (Fsp3) is 0.278. The van der Waals surface area contributed by atoms with Crippen molar-refractivity contribution in [3.8, 4) is 6.07 Å². The molecule has 0 saturated carbocycles. The van der Waals surface area contributed by atoms with Gasteiger partial charge in [0.05, 0.1) is 16.2 Å². The van der Waals surface area contributed by atoms with Gasteiger partial charge in [-0.1, -0.05) is 0 Å². The summed E-state index contributed by atoms with van der Waals surface area (Å²) in [6.07, 6.45) is 1.72. The maximum Gasteiger partial charge on any atom is 0.270 e. The average molecular weight is 340 g/mol. The Labute approximate surface area is 144 Å². The molecule has 0 atom stereocenters. The number of nitriles is 1. The topological polar surface area (TPSA) is 82.2 Å². The van der Waals surface area contributed by atoms with Crippen LogP contribution in [0.25, 0.3) is 0 Å². The van der Waals surface area contributed by atoms with Crippen LogP contribution in [-0.4, -0.2) is 24.1 Å². The van der Waals surface area contributed by atoms with E-state index in [0.29, 0.717) is 5.56 Å². The molecule has 1 N–H and O–H groups in total. The summed E-state index contributed by atoms with van der Waals surface area (Å²) >= 11 is 0. The Morgan fingerprint density at radius 2 is 1.88 bits per heavy atom. The third-order valence-electron chi connectivity index (χ3n) is 4.36. The first-order valence-corrected chi connectivity index (χ1v) is 8.02. The Morgan fingerprint density at radius 3 is 2.48 bits per heavy atom. The molecule has 0 spiro atoms. The first-order valence-electron chi connectivity index (χ1n) is 8.02. The number of hydrogen-bond acceptors (Lipinski definition) is 5. The summed E-state index contributed by atoms with van der Waals surface area (Å²) in [6, 6.07) is 13.0. The summed E-state index contributed by atoms with van der Waals surface area (Å²) in [4.78, 5) is 12.4. The fourth-order valence-electron chi connectivity index (χ4n) is 3.05. The molecule has 1 fully saturated rings. The van der Waals surface area contributed by atoms with Gasteiger partial charge in [-0.2, -0.15) is 5.26 Å². The Balaban J connectivity index is 1.65. The molecule has 0 aliphatic carbocycles. The molecule has 1 saturated heterocycles. The van der Waals surface area contributed by atoms with Crippen LogP contribution in [0.1, 0.15) is 18.4 Å². The SMILES string of the molecule is N#Cc1cc([N+](=O)[O-])ccc1N1CCC(Nc2ccc(F)cc2)CC1. The number of hydrogen-bond donors (Lipinski definition) is 1. The molecule has 1 heterocycles. The molecule has 0 amide bonds. The highest BCUT2D eigenvalue weighted by Crippen LogP contribution is 2.28. The molecule has 128 valence electrons. The lowest BCUT2D eigenvalue weighted by Gasteiger charge is -2.34. The molecule has 0 bridgehead atoms. The molecule has 1 aliphatic heterocycles. The zero-order chi connectivity index (χ0) is 17.8. The van der Waals surface area contributed by atoms with E-state index in [2.05, 4.69) is 10.2 Å². The van der Waals surface area contributed by atoms with Crippen molar-refractivity contribution in [2.45, 2.75) is 18.9 Å². The summed E-state index contributed by atoms with van der Waals surface area (Å²) in [5.41, 5.74) is 1.86. The van der Waals surface area contributed by atoms with Crippen LogP contribution in [0, 0.1) is 27.3 Å². The zero-order valence-corrected chi connectivity index (χ0v) is 13.5. The highest BCUT2D eigenvalue weighted by Gasteiger charge is 2.22. The van der Waals surface area contributed by atoms with Gasteiger partial charge >= 0.3 is 0 Å². The monoisotopic (exact) mass is 340 g/mol. The van der Waals surface area contributed by atoms with E-state index in [1.54, 1.807) is 18.2 Å². The molecule has 2 aromatic carbocycles. The van der Waals surface area contributed by atoms with Crippen molar-refractivity contribution in [2.24, 2.45) is 0 Å². The van der Waals surface area contributed by atoms with E-state index in [4.69, 9.17) is 0 Å². The van der Waals surface area contributed by atoms with Crippen molar-refractivity contribution in [3.63, 3.8) is 0 Å². The molecular formula is C18H17FN4O2. The molecule has 3 rings (SSSR count). The molecule has 0 radical (unpaired) electrons. The van der Waals surface area contributed by atoms with Gasteiger partial charge in [-0.25, -0.2) is 4.39 Å². The van der Waals surface area contributed by atoms with Gasteiger partial charge in [-0.15, -0.1) is 0 Å². The summed E-state index contributed by atoms with van der Waals surface area (Å²) in [7, 11) is 0. The van der Waals surface area contributed by atoms with Crippen molar-refractivity contribution < 1.29 is 9.31 Å². The van der Waals surface area contributed by atoms with E-state index in [9.17, 15) is 19.8 Å². The number of nitrogens with zero attached hydrogens (tertiary/aromatic N) is 3. The van der Waals surface area contributed by atoms with Gasteiger partial charge in [-0.05, 0) is 43.2 Å². The first kappa shape index (κ1) is 16.7. The third kappa shape index (κ3) is 3.86. The second kappa shape index (κ2) is 7.18.